The van der Waals surface area contributed by atoms with E-state index in [0.29, 0.717) is 17.1 Å². The maximum absolute atomic E-state index is 13.4. The van der Waals surface area contributed by atoms with Crippen LogP contribution in [0.3, 0.4) is 0 Å². The molecule has 0 fully saturated rings. The molecule has 28 heavy (non-hydrogen) atoms. The van der Waals surface area contributed by atoms with Crippen LogP contribution in [-0.4, -0.2) is 17.7 Å². The molecule has 1 aliphatic carbocycles. The Labute approximate surface area is 165 Å². The maximum atomic E-state index is 13.4. The fourth-order valence-electron chi connectivity index (χ4n) is 5.08. The van der Waals surface area contributed by atoms with Crippen molar-refractivity contribution in [2.45, 2.75) is 58.8 Å². The summed E-state index contributed by atoms with van der Waals surface area (Å²) >= 11 is 0. The van der Waals surface area contributed by atoms with Crippen molar-refractivity contribution in [3.8, 4) is 17.2 Å². The Bertz CT molecular complexity index is 1100. The number of aryl methyl sites for hydroxylation is 4. The number of Topliss-reactive ketones (excluding diaryl/α,β-unsaturated/α-hetero) is 1. The second-order valence-corrected chi connectivity index (χ2v) is 8.68. The Morgan fingerprint density at radius 2 is 1.50 bits per heavy atom. The molecular formula is C24H24O4. The molecule has 2 aliphatic heterocycles. The third-order valence-electron chi connectivity index (χ3n) is 6.22. The average molecular weight is 376 g/mol. The zero-order chi connectivity index (χ0) is 20.0. The van der Waals surface area contributed by atoms with Crippen LogP contribution >= 0.6 is 0 Å². The molecule has 5 rings (SSSR count). The SMILES string of the molecule is CC1=C[C@@]2(C)c3cc(C)cc(C)c3O[C@H]2[C@@]2(Oc3cc(C)cc(C)c3O2)C1=O. The van der Waals surface area contributed by atoms with Crippen molar-refractivity contribution >= 4 is 5.78 Å². The summed E-state index contributed by atoms with van der Waals surface area (Å²) in [6.07, 6.45) is 1.42. The molecule has 4 nitrogen and oxygen atoms in total. The number of hydrogen-bond donors (Lipinski definition) is 0. The minimum absolute atomic E-state index is 0.176. The number of fused-ring (bicyclic) bond motifs is 5. The molecule has 4 heteroatoms. The molecule has 2 aromatic carbocycles. The van der Waals surface area contributed by atoms with Gasteiger partial charge in [0.05, 0.1) is 5.41 Å². The Morgan fingerprint density at radius 3 is 2.21 bits per heavy atom. The highest BCUT2D eigenvalue weighted by Gasteiger charge is 2.68. The van der Waals surface area contributed by atoms with Crippen LogP contribution in [0.25, 0.3) is 0 Å². The van der Waals surface area contributed by atoms with E-state index < -0.39 is 17.3 Å². The molecule has 2 heterocycles. The van der Waals surface area contributed by atoms with Gasteiger partial charge in [0.15, 0.2) is 17.6 Å². The van der Waals surface area contributed by atoms with Crippen molar-refractivity contribution in [1.82, 2.24) is 0 Å². The second kappa shape index (κ2) is 5.19. The van der Waals surface area contributed by atoms with Crippen LogP contribution in [0, 0.1) is 27.7 Å². The molecule has 0 saturated heterocycles. The highest BCUT2D eigenvalue weighted by atomic mass is 16.8. The Balaban J connectivity index is 1.73. The molecule has 0 N–H and O–H groups in total. The first-order chi connectivity index (χ1) is 13.2. The van der Waals surface area contributed by atoms with Crippen LogP contribution in [0.2, 0.25) is 0 Å². The van der Waals surface area contributed by atoms with E-state index in [2.05, 4.69) is 26.0 Å². The van der Waals surface area contributed by atoms with Gasteiger partial charge in [0.1, 0.15) is 5.75 Å². The van der Waals surface area contributed by atoms with Crippen LogP contribution in [0.15, 0.2) is 35.9 Å². The van der Waals surface area contributed by atoms with E-state index in [0.717, 1.165) is 28.0 Å². The third-order valence-corrected chi connectivity index (χ3v) is 6.22. The predicted octanol–water partition coefficient (Wildman–Crippen LogP) is 4.64. The monoisotopic (exact) mass is 376 g/mol. The van der Waals surface area contributed by atoms with E-state index in [9.17, 15) is 4.79 Å². The van der Waals surface area contributed by atoms with E-state index in [4.69, 9.17) is 14.2 Å². The number of carbonyl (C=O) groups is 1. The van der Waals surface area contributed by atoms with Gasteiger partial charge in [-0.1, -0.05) is 29.8 Å². The lowest BCUT2D eigenvalue weighted by Crippen LogP contribution is -2.65. The topological polar surface area (TPSA) is 44.8 Å². The van der Waals surface area contributed by atoms with E-state index in [1.54, 1.807) is 0 Å². The summed E-state index contributed by atoms with van der Waals surface area (Å²) in [7, 11) is 0. The van der Waals surface area contributed by atoms with Crippen molar-refractivity contribution in [2.75, 3.05) is 0 Å². The lowest BCUT2D eigenvalue weighted by Gasteiger charge is -2.41. The summed E-state index contributed by atoms with van der Waals surface area (Å²) in [6, 6.07) is 8.21. The quantitative estimate of drug-likeness (QED) is 0.672. The minimum atomic E-state index is -1.51. The third kappa shape index (κ3) is 1.98. The summed E-state index contributed by atoms with van der Waals surface area (Å²) < 4.78 is 19.1. The second-order valence-electron chi connectivity index (χ2n) is 8.68. The summed E-state index contributed by atoms with van der Waals surface area (Å²) in [5.74, 6) is 0.380. The highest BCUT2D eigenvalue weighted by molar-refractivity contribution is 6.04. The summed E-state index contributed by atoms with van der Waals surface area (Å²) in [5, 5.41) is 0. The first-order valence-corrected chi connectivity index (χ1v) is 9.67. The van der Waals surface area contributed by atoms with Crippen molar-refractivity contribution in [1.29, 1.82) is 0 Å². The standard InChI is InChI=1S/C24H24O4/c1-12-7-14(3)19-17(9-12)23(6)11-16(5)21(25)24(22(23)26-19)27-18-10-13(2)8-15(4)20(18)28-24/h7-11,22H,1-6H3/t22-,23+,24-/m1/s1. The van der Waals surface area contributed by atoms with Crippen LogP contribution in [0.4, 0.5) is 0 Å². The molecule has 0 bridgehead atoms. The Hall–Kier alpha value is -2.75. The number of hydrogen-bond acceptors (Lipinski definition) is 4. The van der Waals surface area contributed by atoms with E-state index in [-0.39, 0.29) is 5.78 Å². The van der Waals surface area contributed by atoms with Gasteiger partial charge in [-0.15, -0.1) is 0 Å². The van der Waals surface area contributed by atoms with Gasteiger partial charge in [-0.2, -0.15) is 0 Å². The van der Waals surface area contributed by atoms with Gasteiger partial charge in [0.2, 0.25) is 5.78 Å². The largest absolute Gasteiger partial charge is 0.480 e. The fraction of sp³-hybridized carbons (Fsp3) is 0.375. The van der Waals surface area contributed by atoms with Gasteiger partial charge in [-0.25, -0.2) is 0 Å². The lowest BCUT2D eigenvalue weighted by molar-refractivity contribution is -0.179. The number of benzene rings is 2. The van der Waals surface area contributed by atoms with E-state index >= 15 is 0 Å². The number of ketones is 1. The molecule has 0 aromatic heterocycles. The zero-order valence-corrected chi connectivity index (χ0v) is 17.1. The fourth-order valence-corrected chi connectivity index (χ4v) is 5.08. The van der Waals surface area contributed by atoms with Crippen molar-refractivity contribution < 1.29 is 19.0 Å². The Morgan fingerprint density at radius 1 is 0.857 bits per heavy atom. The minimum Gasteiger partial charge on any atom is -0.480 e. The van der Waals surface area contributed by atoms with Gasteiger partial charge >= 0.3 is 5.79 Å². The van der Waals surface area contributed by atoms with Crippen molar-refractivity contribution in [3.63, 3.8) is 0 Å². The highest BCUT2D eigenvalue weighted by Crippen LogP contribution is 2.56. The van der Waals surface area contributed by atoms with Gasteiger partial charge in [0.25, 0.3) is 0 Å². The number of ether oxygens (including phenoxy) is 3. The molecule has 3 atom stereocenters. The molecule has 2 aromatic rings. The van der Waals surface area contributed by atoms with E-state index in [1.807, 2.05) is 45.9 Å². The average Bonchev–Trinajstić information content (AvgIpc) is 3.11. The van der Waals surface area contributed by atoms with Gasteiger partial charge in [-0.05, 0) is 69.9 Å². The summed E-state index contributed by atoms with van der Waals surface area (Å²) in [4.78, 5) is 13.4. The van der Waals surface area contributed by atoms with Gasteiger partial charge < -0.3 is 14.2 Å². The van der Waals surface area contributed by atoms with Gasteiger partial charge in [-0.3, -0.25) is 4.79 Å². The van der Waals surface area contributed by atoms with Crippen molar-refractivity contribution in [3.05, 3.63) is 63.7 Å². The molecular weight excluding hydrogens is 352 g/mol. The lowest BCUT2D eigenvalue weighted by atomic mass is 9.69. The normalized spacial score (nSPS) is 29.4. The summed E-state index contributed by atoms with van der Waals surface area (Å²) in [5.41, 5.74) is 5.44. The van der Waals surface area contributed by atoms with Crippen LogP contribution in [-0.2, 0) is 10.2 Å². The molecule has 1 spiro atoms. The van der Waals surface area contributed by atoms with Crippen molar-refractivity contribution in [2.24, 2.45) is 0 Å². The number of carbonyl (C=O) groups excluding carboxylic acids is 1. The maximum Gasteiger partial charge on any atom is 0.355 e. The molecule has 0 radical (unpaired) electrons. The molecule has 0 saturated carbocycles. The molecule has 144 valence electrons. The van der Waals surface area contributed by atoms with Gasteiger partial charge in [0, 0.05) is 5.56 Å². The van der Waals surface area contributed by atoms with Crippen LogP contribution in [0.1, 0.15) is 41.7 Å². The zero-order valence-electron chi connectivity index (χ0n) is 17.1. The smallest absolute Gasteiger partial charge is 0.355 e. The number of rotatable bonds is 0. The molecule has 0 unspecified atom stereocenters. The first kappa shape index (κ1) is 17.4. The van der Waals surface area contributed by atoms with Crippen LogP contribution in [0.5, 0.6) is 17.2 Å². The Kier molecular flexibility index (Phi) is 3.22. The molecule has 0 amide bonds. The predicted molar refractivity (Wildman–Crippen MR) is 106 cm³/mol. The summed E-state index contributed by atoms with van der Waals surface area (Å²) in [6.45, 7) is 12.0. The van der Waals surface area contributed by atoms with E-state index in [1.165, 1.54) is 5.56 Å². The molecule has 3 aliphatic rings. The first-order valence-electron chi connectivity index (χ1n) is 9.67. The van der Waals surface area contributed by atoms with Crippen LogP contribution < -0.4 is 14.2 Å².